The summed E-state index contributed by atoms with van der Waals surface area (Å²) in [5, 5.41) is 8.39. The quantitative estimate of drug-likeness (QED) is 0.308. The van der Waals surface area contributed by atoms with Gasteiger partial charge in [-0.25, -0.2) is 0 Å². The fourth-order valence-electron chi connectivity index (χ4n) is 2.92. The van der Waals surface area contributed by atoms with Crippen molar-refractivity contribution in [1.82, 2.24) is 10.6 Å². The predicted octanol–water partition coefficient (Wildman–Crippen LogP) is 3.75. The molecule has 0 atom stereocenters. The Morgan fingerprint density at radius 1 is 0.939 bits per heavy atom. The second-order valence-corrected chi connectivity index (χ2v) is 7.17. The first-order valence-corrected chi connectivity index (χ1v) is 10.8. The summed E-state index contributed by atoms with van der Waals surface area (Å²) in [7, 11) is 0. The summed E-state index contributed by atoms with van der Waals surface area (Å²) in [4.78, 5) is 25.4. The van der Waals surface area contributed by atoms with Gasteiger partial charge in [0, 0.05) is 6.61 Å². The molecule has 8 nitrogen and oxygen atoms in total. The highest BCUT2D eigenvalue weighted by molar-refractivity contribution is 7.80. The second-order valence-electron chi connectivity index (χ2n) is 6.76. The van der Waals surface area contributed by atoms with Crippen LogP contribution in [0.25, 0.3) is 0 Å². The maximum Gasteiger partial charge on any atom is 0.261 e. The number of amides is 2. The van der Waals surface area contributed by atoms with E-state index >= 15 is 0 Å². The molecule has 0 aliphatic heterocycles. The molecular weight excluding hydrogens is 442 g/mol. The average molecular weight is 468 g/mol. The van der Waals surface area contributed by atoms with Crippen LogP contribution in [-0.2, 0) is 11.3 Å². The molecule has 3 aromatic rings. The molecule has 0 unspecified atom stereocenters. The summed E-state index contributed by atoms with van der Waals surface area (Å²) < 4.78 is 16.2. The van der Waals surface area contributed by atoms with Crippen molar-refractivity contribution < 1.29 is 23.5 Å². The minimum atomic E-state index is -0.431. The molecule has 0 saturated heterocycles. The minimum Gasteiger partial charge on any atom is -0.490 e. The maximum absolute atomic E-state index is 12.8. The van der Waals surface area contributed by atoms with Gasteiger partial charge in [-0.15, -0.1) is 0 Å². The molecule has 1 aromatic heterocycles. The lowest BCUT2D eigenvalue weighted by atomic mass is 10.1. The number of carbonyl (C=O) groups excluding carboxylic acids is 2. The first-order chi connectivity index (χ1) is 16.1. The number of benzene rings is 2. The van der Waals surface area contributed by atoms with Gasteiger partial charge in [0.25, 0.3) is 11.8 Å². The molecule has 3 N–H and O–H groups in total. The fraction of sp³-hybridized carbons (Fsp3) is 0.208. The van der Waals surface area contributed by atoms with Gasteiger partial charge >= 0.3 is 0 Å². The summed E-state index contributed by atoms with van der Waals surface area (Å²) in [6.45, 7) is 3.48. The Hall–Kier alpha value is -3.69. The first kappa shape index (κ1) is 24.0. The van der Waals surface area contributed by atoms with Crippen molar-refractivity contribution in [2.75, 3.05) is 25.1 Å². The van der Waals surface area contributed by atoms with E-state index in [4.69, 9.17) is 26.1 Å². The van der Waals surface area contributed by atoms with E-state index in [2.05, 4.69) is 16.0 Å². The van der Waals surface area contributed by atoms with E-state index in [1.165, 1.54) is 0 Å². The van der Waals surface area contributed by atoms with Crippen molar-refractivity contribution in [2.45, 2.75) is 13.5 Å². The fourth-order valence-corrected chi connectivity index (χ4v) is 3.13. The number of para-hydroxylation sites is 2. The number of anilines is 1. The van der Waals surface area contributed by atoms with Crippen LogP contribution in [0.1, 0.15) is 33.4 Å². The van der Waals surface area contributed by atoms with Crippen LogP contribution in [-0.4, -0.2) is 36.7 Å². The molecule has 3 rings (SSSR count). The molecule has 0 saturated carbocycles. The Kier molecular flexibility index (Phi) is 8.98. The summed E-state index contributed by atoms with van der Waals surface area (Å²) in [6.07, 6.45) is 1.54. The second kappa shape index (κ2) is 12.4. The molecule has 2 aromatic carbocycles. The molecule has 33 heavy (non-hydrogen) atoms. The number of ether oxygens (including phenoxy) is 2. The van der Waals surface area contributed by atoms with Gasteiger partial charge in [0.2, 0.25) is 0 Å². The number of hydrogen-bond acceptors (Lipinski definition) is 6. The van der Waals surface area contributed by atoms with Crippen LogP contribution in [0.2, 0.25) is 0 Å². The molecule has 0 aliphatic carbocycles. The molecule has 2 amide bonds. The highest BCUT2D eigenvalue weighted by Crippen LogP contribution is 2.19. The van der Waals surface area contributed by atoms with Gasteiger partial charge in [0.15, 0.2) is 5.11 Å². The largest absolute Gasteiger partial charge is 0.490 e. The van der Waals surface area contributed by atoms with Gasteiger partial charge in [-0.2, -0.15) is 0 Å². The van der Waals surface area contributed by atoms with Gasteiger partial charge < -0.3 is 24.5 Å². The topological polar surface area (TPSA) is 102 Å². The Balaban J connectivity index is 1.61. The van der Waals surface area contributed by atoms with E-state index in [0.717, 1.165) is 0 Å². The molecule has 1 heterocycles. The summed E-state index contributed by atoms with van der Waals surface area (Å²) >= 11 is 5.30. The lowest BCUT2D eigenvalue weighted by Crippen LogP contribution is -2.35. The summed E-state index contributed by atoms with van der Waals surface area (Å²) in [5.74, 6) is 0.324. The van der Waals surface area contributed by atoms with Crippen molar-refractivity contribution in [3.8, 4) is 5.75 Å². The van der Waals surface area contributed by atoms with Gasteiger partial charge in [0.1, 0.15) is 18.1 Å². The molecule has 0 bridgehead atoms. The lowest BCUT2D eigenvalue weighted by Gasteiger charge is -2.15. The molecule has 9 heteroatoms. The van der Waals surface area contributed by atoms with Gasteiger partial charge in [0.05, 0.1) is 36.2 Å². The van der Waals surface area contributed by atoms with E-state index in [1.807, 2.05) is 6.92 Å². The Morgan fingerprint density at radius 2 is 1.70 bits per heavy atom. The third-order valence-electron chi connectivity index (χ3n) is 4.47. The van der Waals surface area contributed by atoms with Crippen LogP contribution in [0.15, 0.2) is 71.3 Å². The third-order valence-corrected chi connectivity index (χ3v) is 4.68. The highest BCUT2D eigenvalue weighted by atomic mass is 32.1. The molecule has 172 valence electrons. The highest BCUT2D eigenvalue weighted by Gasteiger charge is 2.16. The zero-order chi connectivity index (χ0) is 23.5. The number of thiocarbonyl (C=S) groups is 1. The van der Waals surface area contributed by atoms with E-state index in [1.54, 1.807) is 66.9 Å². The van der Waals surface area contributed by atoms with Crippen LogP contribution >= 0.6 is 12.2 Å². The Bertz CT molecular complexity index is 1090. The van der Waals surface area contributed by atoms with Crippen LogP contribution in [0.5, 0.6) is 5.75 Å². The number of furan rings is 1. The van der Waals surface area contributed by atoms with E-state index < -0.39 is 5.91 Å². The zero-order valence-corrected chi connectivity index (χ0v) is 18.9. The Labute approximate surface area is 197 Å². The van der Waals surface area contributed by atoms with Crippen molar-refractivity contribution in [3.05, 3.63) is 83.8 Å². The molecule has 0 spiro atoms. The minimum absolute atomic E-state index is 0.0513. The monoisotopic (exact) mass is 467 g/mol. The SMILES string of the molecule is CCOCCOc1ccccc1C(=O)NC(=S)Nc1ccccc1C(=O)NCc1ccco1. The predicted molar refractivity (Wildman–Crippen MR) is 128 cm³/mol. The average Bonchev–Trinajstić information content (AvgIpc) is 3.34. The van der Waals surface area contributed by atoms with E-state index in [9.17, 15) is 9.59 Å². The standard InChI is InChI=1S/C24H25N3O5S/c1-2-30-14-15-32-21-12-6-4-10-19(21)23(29)27-24(33)26-20-11-5-3-9-18(20)22(28)25-16-17-8-7-13-31-17/h3-13H,2,14-16H2,1H3,(H,25,28)(H2,26,27,29,33). The van der Waals surface area contributed by atoms with Gasteiger partial charge in [-0.05, 0) is 55.5 Å². The number of hydrogen-bond donors (Lipinski definition) is 3. The Morgan fingerprint density at radius 3 is 2.45 bits per heavy atom. The van der Waals surface area contributed by atoms with Gasteiger partial charge in [-0.1, -0.05) is 24.3 Å². The smallest absolute Gasteiger partial charge is 0.261 e. The zero-order valence-electron chi connectivity index (χ0n) is 18.1. The normalized spacial score (nSPS) is 10.3. The molecular formula is C24H25N3O5S. The first-order valence-electron chi connectivity index (χ1n) is 10.4. The van der Waals surface area contributed by atoms with E-state index in [0.29, 0.717) is 48.1 Å². The van der Waals surface area contributed by atoms with Gasteiger partial charge in [-0.3, -0.25) is 14.9 Å². The van der Waals surface area contributed by atoms with Crippen LogP contribution in [0.3, 0.4) is 0 Å². The molecule has 0 radical (unpaired) electrons. The summed E-state index contributed by atoms with van der Waals surface area (Å²) in [5.41, 5.74) is 1.17. The number of rotatable bonds is 10. The molecule has 0 aliphatic rings. The summed E-state index contributed by atoms with van der Waals surface area (Å²) in [6, 6.07) is 17.2. The third kappa shape index (κ3) is 7.16. The van der Waals surface area contributed by atoms with Crippen molar-refractivity contribution in [3.63, 3.8) is 0 Å². The van der Waals surface area contributed by atoms with Crippen molar-refractivity contribution in [1.29, 1.82) is 0 Å². The van der Waals surface area contributed by atoms with Crippen LogP contribution in [0, 0.1) is 0 Å². The maximum atomic E-state index is 12.8. The molecule has 0 fully saturated rings. The number of carbonyl (C=O) groups is 2. The van der Waals surface area contributed by atoms with E-state index in [-0.39, 0.29) is 17.6 Å². The van der Waals surface area contributed by atoms with Crippen LogP contribution in [0.4, 0.5) is 5.69 Å². The van der Waals surface area contributed by atoms with Crippen molar-refractivity contribution in [2.24, 2.45) is 0 Å². The lowest BCUT2D eigenvalue weighted by molar-refractivity contribution is 0.0945. The van der Waals surface area contributed by atoms with Crippen LogP contribution < -0.4 is 20.7 Å². The van der Waals surface area contributed by atoms with Crippen molar-refractivity contribution >= 4 is 34.8 Å². The number of nitrogens with one attached hydrogen (secondary N) is 3.